The summed E-state index contributed by atoms with van der Waals surface area (Å²) in [5.41, 5.74) is 0. The quantitative estimate of drug-likeness (QED) is 0.795. The van der Waals surface area contributed by atoms with Gasteiger partial charge in [-0.1, -0.05) is 0 Å². The Hall–Kier alpha value is -1.58. The molecule has 1 radical (unpaired) electrons. The molecule has 1 atom stereocenters. The van der Waals surface area contributed by atoms with Gasteiger partial charge in [-0.25, -0.2) is 4.39 Å². The molecule has 4 heteroatoms. The lowest BCUT2D eigenvalue weighted by molar-refractivity contribution is -0.123. The minimum atomic E-state index is -0.368. The van der Waals surface area contributed by atoms with Crippen LogP contribution in [0, 0.1) is 11.9 Å². The van der Waals surface area contributed by atoms with Crippen LogP contribution in [0.15, 0.2) is 18.2 Å². The van der Waals surface area contributed by atoms with Gasteiger partial charge in [0.1, 0.15) is 17.7 Å². The van der Waals surface area contributed by atoms with Crippen LogP contribution in [0.3, 0.4) is 0 Å². The van der Waals surface area contributed by atoms with Crippen LogP contribution in [0.25, 0.3) is 0 Å². The third-order valence-corrected chi connectivity index (χ3v) is 2.25. The summed E-state index contributed by atoms with van der Waals surface area (Å²) in [7, 11) is 0. The standard InChI is InChI=1S/C11H11FNO2/c12-8-2-1-3-9(6-8)15-10-4-5-11(14)13-7-10/h2-3,6,10H,4-5,7H2,(H,13,14). The molecule has 3 nitrogen and oxygen atoms in total. The van der Waals surface area contributed by atoms with E-state index in [9.17, 15) is 9.18 Å². The van der Waals surface area contributed by atoms with Gasteiger partial charge in [0, 0.05) is 12.5 Å². The summed E-state index contributed by atoms with van der Waals surface area (Å²) < 4.78 is 18.3. The van der Waals surface area contributed by atoms with Crippen LogP contribution in [0.5, 0.6) is 5.75 Å². The minimum absolute atomic E-state index is 0.0423. The summed E-state index contributed by atoms with van der Waals surface area (Å²) in [5, 5.41) is 2.70. The first-order valence-corrected chi connectivity index (χ1v) is 4.84. The first-order valence-electron chi connectivity index (χ1n) is 4.84. The van der Waals surface area contributed by atoms with Gasteiger partial charge in [0.25, 0.3) is 0 Å². The van der Waals surface area contributed by atoms with E-state index in [0.717, 1.165) is 0 Å². The summed E-state index contributed by atoms with van der Waals surface area (Å²) in [5.74, 6) is 0.129. The Morgan fingerprint density at radius 3 is 3.07 bits per heavy atom. The Kier molecular flexibility index (Phi) is 2.85. The van der Waals surface area contributed by atoms with Crippen molar-refractivity contribution in [2.24, 2.45) is 0 Å². The lowest BCUT2D eigenvalue weighted by Gasteiger charge is -2.23. The molecule has 1 aliphatic rings. The predicted molar refractivity (Wildman–Crippen MR) is 51.9 cm³/mol. The maximum Gasteiger partial charge on any atom is 0.220 e. The van der Waals surface area contributed by atoms with E-state index in [1.165, 1.54) is 12.1 Å². The molecule has 1 heterocycles. The summed E-state index contributed by atoms with van der Waals surface area (Å²) >= 11 is 0. The molecule has 0 spiro atoms. The van der Waals surface area contributed by atoms with Crippen LogP contribution in [-0.4, -0.2) is 18.6 Å². The largest absolute Gasteiger partial charge is 0.488 e. The van der Waals surface area contributed by atoms with Crippen LogP contribution in [0.1, 0.15) is 12.8 Å². The molecule has 1 fully saturated rings. The van der Waals surface area contributed by atoms with Gasteiger partial charge >= 0.3 is 0 Å². The number of rotatable bonds is 2. The third-order valence-electron chi connectivity index (χ3n) is 2.25. The lowest BCUT2D eigenvalue weighted by Crippen LogP contribution is -2.40. The summed E-state index contributed by atoms with van der Waals surface area (Å²) in [6.07, 6.45) is 1.06. The Bertz CT molecular complexity index is 357. The maximum absolute atomic E-state index is 12.8. The first-order chi connectivity index (χ1) is 7.24. The highest BCUT2D eigenvalue weighted by atomic mass is 19.1. The van der Waals surface area contributed by atoms with Crippen molar-refractivity contribution < 1.29 is 13.9 Å². The molecule has 1 saturated heterocycles. The van der Waals surface area contributed by atoms with Crippen LogP contribution >= 0.6 is 0 Å². The molecule has 79 valence electrons. The van der Waals surface area contributed by atoms with Crippen LogP contribution < -0.4 is 10.1 Å². The Morgan fingerprint density at radius 1 is 1.53 bits per heavy atom. The van der Waals surface area contributed by atoms with Crippen LogP contribution in [0.2, 0.25) is 0 Å². The van der Waals surface area contributed by atoms with Crippen molar-refractivity contribution in [1.29, 1.82) is 0 Å². The lowest BCUT2D eigenvalue weighted by atomic mass is 10.1. The van der Waals surface area contributed by atoms with E-state index in [1.54, 1.807) is 6.07 Å². The van der Waals surface area contributed by atoms with E-state index < -0.39 is 0 Å². The highest BCUT2D eigenvalue weighted by Crippen LogP contribution is 2.16. The molecular formula is C11H11FNO2. The monoisotopic (exact) mass is 208 g/mol. The number of nitrogens with one attached hydrogen (secondary N) is 1. The molecule has 0 aromatic heterocycles. The number of hydrogen-bond acceptors (Lipinski definition) is 2. The number of carbonyl (C=O) groups excluding carboxylic acids is 1. The summed E-state index contributed by atoms with van der Waals surface area (Å²) in [6, 6.07) is 6.78. The second-order valence-corrected chi connectivity index (χ2v) is 3.47. The van der Waals surface area contributed by atoms with E-state index in [2.05, 4.69) is 11.4 Å². The molecule has 1 amide bonds. The number of hydrogen-bond donors (Lipinski definition) is 1. The number of benzene rings is 1. The van der Waals surface area contributed by atoms with Crippen LogP contribution in [-0.2, 0) is 4.79 Å². The fraction of sp³-hybridized carbons (Fsp3) is 0.364. The average Bonchev–Trinajstić information content (AvgIpc) is 2.22. The topological polar surface area (TPSA) is 38.3 Å². The molecule has 1 unspecified atom stereocenters. The van der Waals surface area contributed by atoms with Gasteiger partial charge in [0.15, 0.2) is 0 Å². The van der Waals surface area contributed by atoms with Crippen molar-refractivity contribution in [3.8, 4) is 5.75 Å². The third kappa shape index (κ3) is 2.68. The van der Waals surface area contributed by atoms with Crippen molar-refractivity contribution in [2.75, 3.05) is 6.54 Å². The van der Waals surface area contributed by atoms with Gasteiger partial charge in [-0.05, 0) is 24.6 Å². The predicted octanol–water partition coefficient (Wildman–Crippen LogP) is 1.28. The zero-order chi connectivity index (χ0) is 10.7. The first kappa shape index (κ1) is 9.96. The molecule has 1 aromatic rings. The fourth-order valence-corrected chi connectivity index (χ4v) is 1.49. The van der Waals surface area contributed by atoms with Gasteiger partial charge in [-0.15, -0.1) is 0 Å². The zero-order valence-corrected chi connectivity index (χ0v) is 8.13. The van der Waals surface area contributed by atoms with Gasteiger partial charge in [-0.3, -0.25) is 4.79 Å². The molecule has 0 bridgehead atoms. The van der Waals surface area contributed by atoms with Crippen molar-refractivity contribution in [3.05, 3.63) is 30.1 Å². The number of amides is 1. The molecule has 15 heavy (non-hydrogen) atoms. The van der Waals surface area contributed by atoms with Crippen molar-refractivity contribution in [1.82, 2.24) is 5.32 Å². The highest BCUT2D eigenvalue weighted by Gasteiger charge is 2.19. The highest BCUT2D eigenvalue weighted by molar-refractivity contribution is 5.76. The fourth-order valence-electron chi connectivity index (χ4n) is 1.49. The number of carbonyl (C=O) groups is 1. The molecule has 0 aliphatic carbocycles. The van der Waals surface area contributed by atoms with E-state index in [0.29, 0.717) is 25.1 Å². The summed E-state index contributed by atoms with van der Waals surface area (Å²) in [4.78, 5) is 10.9. The van der Waals surface area contributed by atoms with Gasteiger partial charge in [0.05, 0.1) is 6.54 Å². The van der Waals surface area contributed by atoms with Gasteiger partial charge < -0.3 is 10.1 Å². The van der Waals surface area contributed by atoms with Crippen molar-refractivity contribution in [3.63, 3.8) is 0 Å². The Labute approximate surface area is 87.2 Å². The summed E-state index contributed by atoms with van der Waals surface area (Å²) in [6.45, 7) is 0.481. The molecule has 2 rings (SSSR count). The minimum Gasteiger partial charge on any atom is -0.488 e. The molecular weight excluding hydrogens is 197 g/mol. The number of ether oxygens (including phenoxy) is 1. The SMILES string of the molecule is O=C1CCC(Oc2c[c]cc(F)c2)CN1. The normalized spacial score (nSPS) is 20.9. The second-order valence-electron chi connectivity index (χ2n) is 3.47. The number of halogens is 1. The van der Waals surface area contributed by atoms with E-state index in [1.807, 2.05) is 0 Å². The zero-order valence-electron chi connectivity index (χ0n) is 8.13. The van der Waals surface area contributed by atoms with Gasteiger partial charge in [0.2, 0.25) is 5.91 Å². The van der Waals surface area contributed by atoms with E-state index >= 15 is 0 Å². The maximum atomic E-state index is 12.8. The molecule has 0 saturated carbocycles. The van der Waals surface area contributed by atoms with Gasteiger partial charge in [-0.2, -0.15) is 0 Å². The molecule has 1 aliphatic heterocycles. The Balaban J connectivity index is 1.94. The van der Waals surface area contributed by atoms with E-state index in [4.69, 9.17) is 4.74 Å². The van der Waals surface area contributed by atoms with Crippen LogP contribution in [0.4, 0.5) is 4.39 Å². The smallest absolute Gasteiger partial charge is 0.220 e. The van der Waals surface area contributed by atoms with Crippen molar-refractivity contribution >= 4 is 5.91 Å². The number of piperidine rings is 1. The van der Waals surface area contributed by atoms with Crippen molar-refractivity contribution in [2.45, 2.75) is 18.9 Å². The second kappa shape index (κ2) is 4.29. The average molecular weight is 208 g/mol. The Morgan fingerprint density at radius 2 is 2.40 bits per heavy atom. The molecule has 1 aromatic carbocycles. The molecule has 1 N–H and O–H groups in total. The van der Waals surface area contributed by atoms with E-state index in [-0.39, 0.29) is 17.8 Å².